The number of hydrogen-bond acceptors (Lipinski definition) is 2. The third-order valence-electron chi connectivity index (χ3n) is 2.51. The van der Waals surface area contributed by atoms with Gasteiger partial charge in [-0.3, -0.25) is 0 Å². The zero-order chi connectivity index (χ0) is 10.0. The van der Waals surface area contributed by atoms with Gasteiger partial charge in [0, 0.05) is 13.0 Å². The molecule has 0 saturated carbocycles. The Morgan fingerprint density at radius 2 is 2.07 bits per heavy atom. The van der Waals surface area contributed by atoms with Gasteiger partial charge >= 0.3 is 0 Å². The molecule has 1 N–H and O–H groups in total. The minimum Gasteiger partial charge on any atom is -0.486 e. The van der Waals surface area contributed by atoms with Gasteiger partial charge < -0.3 is 10.1 Å². The summed E-state index contributed by atoms with van der Waals surface area (Å²) in [6, 6.07) is 6.17. The molecule has 14 heavy (non-hydrogen) atoms. The smallest absolute Gasteiger partial charge is 0.123 e. The molecule has 2 rings (SSSR count). The van der Waals surface area contributed by atoms with E-state index in [0.717, 1.165) is 25.3 Å². The highest BCUT2D eigenvalue weighted by atomic mass is 19.1. The van der Waals surface area contributed by atoms with Crippen LogP contribution in [0.1, 0.15) is 13.3 Å². The molecule has 3 heteroatoms. The van der Waals surface area contributed by atoms with E-state index in [9.17, 15) is 4.39 Å². The molecule has 1 aromatic rings. The lowest BCUT2D eigenvalue weighted by Crippen LogP contribution is -2.34. The summed E-state index contributed by atoms with van der Waals surface area (Å²) >= 11 is 0. The fraction of sp³-hybridized carbons (Fsp3) is 0.455. The Balaban J connectivity index is 2.06. The van der Waals surface area contributed by atoms with Crippen LogP contribution in [-0.2, 0) is 0 Å². The van der Waals surface area contributed by atoms with Gasteiger partial charge in [-0.2, -0.15) is 0 Å². The first kappa shape index (κ1) is 9.46. The highest BCUT2D eigenvalue weighted by Gasteiger charge is 2.30. The molecule has 1 heterocycles. The van der Waals surface area contributed by atoms with Gasteiger partial charge in [-0.15, -0.1) is 0 Å². The average Bonchev–Trinajstić information content (AvgIpc) is 2.57. The van der Waals surface area contributed by atoms with Gasteiger partial charge in [-0.25, -0.2) is 4.39 Å². The largest absolute Gasteiger partial charge is 0.486 e. The lowest BCUT2D eigenvalue weighted by Gasteiger charge is -2.24. The van der Waals surface area contributed by atoms with Crippen molar-refractivity contribution in [2.75, 3.05) is 13.1 Å². The monoisotopic (exact) mass is 195 g/mol. The lowest BCUT2D eigenvalue weighted by molar-refractivity contribution is 0.111. The van der Waals surface area contributed by atoms with Crippen LogP contribution >= 0.6 is 0 Å². The van der Waals surface area contributed by atoms with Crippen LogP contribution in [0, 0.1) is 5.82 Å². The van der Waals surface area contributed by atoms with Crippen molar-refractivity contribution in [2.24, 2.45) is 0 Å². The Hall–Kier alpha value is -1.09. The minimum atomic E-state index is -0.230. The third kappa shape index (κ3) is 2.04. The molecular weight excluding hydrogens is 181 g/mol. The summed E-state index contributed by atoms with van der Waals surface area (Å²) in [6.07, 6.45) is 0.990. The van der Waals surface area contributed by atoms with E-state index in [0.29, 0.717) is 0 Å². The maximum absolute atomic E-state index is 12.6. The van der Waals surface area contributed by atoms with Crippen LogP contribution in [0.15, 0.2) is 24.3 Å². The topological polar surface area (TPSA) is 21.3 Å². The zero-order valence-electron chi connectivity index (χ0n) is 8.22. The van der Waals surface area contributed by atoms with Gasteiger partial charge in [0.1, 0.15) is 17.2 Å². The summed E-state index contributed by atoms with van der Waals surface area (Å²) in [5.74, 6) is 0.504. The minimum absolute atomic E-state index is 0.141. The van der Waals surface area contributed by atoms with Crippen molar-refractivity contribution in [3.63, 3.8) is 0 Å². The van der Waals surface area contributed by atoms with E-state index >= 15 is 0 Å². The predicted octanol–water partition coefficient (Wildman–Crippen LogP) is 1.96. The van der Waals surface area contributed by atoms with Crippen LogP contribution < -0.4 is 10.1 Å². The van der Waals surface area contributed by atoms with Gasteiger partial charge in [0.25, 0.3) is 0 Å². The second-order valence-corrected chi connectivity index (χ2v) is 3.93. The molecule has 2 nitrogen and oxygen atoms in total. The average molecular weight is 195 g/mol. The highest BCUT2D eigenvalue weighted by molar-refractivity contribution is 5.23. The van der Waals surface area contributed by atoms with Gasteiger partial charge in [-0.1, -0.05) is 0 Å². The Labute approximate surface area is 83.1 Å². The third-order valence-corrected chi connectivity index (χ3v) is 2.51. The molecule has 0 bridgehead atoms. The molecule has 1 aliphatic rings. The van der Waals surface area contributed by atoms with E-state index in [4.69, 9.17) is 4.74 Å². The van der Waals surface area contributed by atoms with Gasteiger partial charge in [-0.05, 0) is 37.7 Å². The normalized spacial score (nSPS) is 26.4. The maximum Gasteiger partial charge on any atom is 0.123 e. The first-order chi connectivity index (χ1) is 6.68. The standard InChI is InChI=1S/C11H14FNO/c1-11(6-7-13-8-11)14-10-4-2-9(12)3-5-10/h2-5,13H,6-8H2,1H3. The summed E-state index contributed by atoms with van der Waals surface area (Å²) < 4.78 is 18.4. The lowest BCUT2D eigenvalue weighted by atomic mass is 10.1. The fourth-order valence-electron chi connectivity index (χ4n) is 1.67. The Morgan fingerprint density at radius 1 is 1.36 bits per heavy atom. The summed E-state index contributed by atoms with van der Waals surface area (Å²) in [6.45, 7) is 3.90. The van der Waals surface area contributed by atoms with Crippen LogP contribution in [0.4, 0.5) is 4.39 Å². The molecule has 1 aromatic carbocycles. The number of nitrogens with one attached hydrogen (secondary N) is 1. The second-order valence-electron chi connectivity index (χ2n) is 3.93. The molecule has 0 spiro atoms. The molecule has 1 fully saturated rings. The van der Waals surface area contributed by atoms with Crippen molar-refractivity contribution in [1.82, 2.24) is 5.32 Å². The van der Waals surface area contributed by atoms with Crippen LogP contribution in [0.2, 0.25) is 0 Å². The quantitative estimate of drug-likeness (QED) is 0.778. The Kier molecular flexibility index (Phi) is 2.42. The summed E-state index contributed by atoms with van der Waals surface area (Å²) in [5.41, 5.74) is -0.141. The van der Waals surface area contributed by atoms with Crippen molar-refractivity contribution in [1.29, 1.82) is 0 Å². The number of rotatable bonds is 2. The van der Waals surface area contributed by atoms with Gasteiger partial charge in [0.2, 0.25) is 0 Å². The second kappa shape index (κ2) is 3.58. The Morgan fingerprint density at radius 3 is 2.64 bits per heavy atom. The first-order valence-corrected chi connectivity index (χ1v) is 4.83. The van der Waals surface area contributed by atoms with E-state index < -0.39 is 0 Å². The SMILES string of the molecule is CC1(Oc2ccc(F)cc2)CCNC1. The van der Waals surface area contributed by atoms with E-state index in [1.165, 1.54) is 12.1 Å². The van der Waals surface area contributed by atoms with Crippen LogP contribution in [0.5, 0.6) is 5.75 Å². The predicted molar refractivity (Wildman–Crippen MR) is 52.9 cm³/mol. The molecule has 0 aliphatic carbocycles. The molecular formula is C11H14FNO. The molecule has 0 radical (unpaired) electrons. The molecule has 0 aromatic heterocycles. The molecule has 76 valence electrons. The maximum atomic E-state index is 12.6. The highest BCUT2D eigenvalue weighted by Crippen LogP contribution is 2.23. The fourth-order valence-corrected chi connectivity index (χ4v) is 1.67. The number of benzene rings is 1. The van der Waals surface area contributed by atoms with E-state index in [1.54, 1.807) is 12.1 Å². The molecule has 0 amide bonds. The van der Waals surface area contributed by atoms with Gasteiger partial charge in [0.15, 0.2) is 0 Å². The van der Waals surface area contributed by atoms with Crippen molar-refractivity contribution < 1.29 is 9.13 Å². The van der Waals surface area contributed by atoms with Crippen LogP contribution in [0.25, 0.3) is 0 Å². The van der Waals surface area contributed by atoms with Gasteiger partial charge in [0.05, 0.1) is 0 Å². The van der Waals surface area contributed by atoms with E-state index in [2.05, 4.69) is 12.2 Å². The van der Waals surface area contributed by atoms with Crippen LogP contribution in [-0.4, -0.2) is 18.7 Å². The van der Waals surface area contributed by atoms with Crippen molar-refractivity contribution in [3.8, 4) is 5.75 Å². The molecule has 1 unspecified atom stereocenters. The van der Waals surface area contributed by atoms with Crippen molar-refractivity contribution >= 4 is 0 Å². The van der Waals surface area contributed by atoms with E-state index in [1.807, 2.05) is 0 Å². The van der Waals surface area contributed by atoms with E-state index in [-0.39, 0.29) is 11.4 Å². The molecule has 1 atom stereocenters. The summed E-state index contributed by atoms with van der Waals surface area (Å²) in [4.78, 5) is 0. The summed E-state index contributed by atoms with van der Waals surface area (Å²) in [7, 11) is 0. The number of ether oxygens (including phenoxy) is 1. The van der Waals surface area contributed by atoms with Crippen molar-refractivity contribution in [2.45, 2.75) is 18.9 Å². The number of halogens is 1. The molecule has 1 saturated heterocycles. The van der Waals surface area contributed by atoms with Crippen LogP contribution in [0.3, 0.4) is 0 Å². The summed E-state index contributed by atoms with van der Waals surface area (Å²) in [5, 5.41) is 3.25. The Bertz CT molecular complexity index is 304. The first-order valence-electron chi connectivity index (χ1n) is 4.83. The number of hydrogen-bond donors (Lipinski definition) is 1. The zero-order valence-corrected chi connectivity index (χ0v) is 8.22. The molecule has 1 aliphatic heterocycles. The van der Waals surface area contributed by atoms with Crippen molar-refractivity contribution in [3.05, 3.63) is 30.1 Å².